The molecule has 2 rings (SSSR count). The van der Waals surface area contributed by atoms with E-state index in [2.05, 4.69) is 5.32 Å². The lowest BCUT2D eigenvalue weighted by atomic mass is 10.0. The number of hydrogen-bond donors (Lipinski definition) is 3. The van der Waals surface area contributed by atoms with Gasteiger partial charge in [0.25, 0.3) is 5.91 Å². The summed E-state index contributed by atoms with van der Waals surface area (Å²) in [4.78, 5) is 22.8. The van der Waals surface area contributed by atoms with E-state index in [1.165, 1.54) is 31.2 Å². The largest absolute Gasteiger partial charge is 0.509 e. The number of rotatable bonds is 2. The predicted molar refractivity (Wildman–Crippen MR) is 68.3 cm³/mol. The lowest BCUT2D eigenvalue weighted by Crippen LogP contribution is -2.30. The molecule has 0 fully saturated rings. The molecule has 8 heteroatoms. The maximum absolute atomic E-state index is 12.3. The number of para-hydroxylation sites is 1. The zero-order valence-electron chi connectivity index (χ0n) is 10.8. The summed E-state index contributed by atoms with van der Waals surface area (Å²) in [6, 6.07) is 4.81. The van der Waals surface area contributed by atoms with E-state index in [4.69, 9.17) is 0 Å². The summed E-state index contributed by atoms with van der Waals surface area (Å²) >= 11 is 0. The van der Waals surface area contributed by atoms with E-state index in [0.29, 0.717) is 0 Å². The first-order valence-corrected chi connectivity index (χ1v) is 5.93. The maximum atomic E-state index is 12.3. The highest BCUT2D eigenvalue weighted by Crippen LogP contribution is 2.31. The number of hydrogen-bond acceptors (Lipinski definition) is 3. The van der Waals surface area contributed by atoms with E-state index < -0.39 is 24.0 Å². The molecule has 5 nitrogen and oxygen atoms in total. The van der Waals surface area contributed by atoms with Crippen molar-refractivity contribution in [1.29, 1.82) is 0 Å². The third kappa shape index (κ3) is 2.83. The molecule has 0 aromatic heterocycles. The molecule has 0 bridgehead atoms. The molecule has 0 saturated carbocycles. The number of nitrogens with one attached hydrogen (secondary N) is 2. The van der Waals surface area contributed by atoms with Crippen LogP contribution in [0.3, 0.4) is 0 Å². The van der Waals surface area contributed by atoms with Gasteiger partial charge in [-0.15, -0.1) is 0 Å². The van der Waals surface area contributed by atoms with Crippen LogP contribution in [-0.2, 0) is 9.59 Å². The van der Waals surface area contributed by atoms with Gasteiger partial charge >= 0.3 is 12.1 Å². The predicted octanol–water partition coefficient (Wildman–Crippen LogP) is 1.97. The Morgan fingerprint density at radius 1 is 1.33 bits per heavy atom. The van der Waals surface area contributed by atoms with Crippen LogP contribution in [0.2, 0.25) is 0 Å². The molecule has 1 aromatic carbocycles. The second kappa shape index (κ2) is 5.12. The van der Waals surface area contributed by atoms with Gasteiger partial charge in [0, 0.05) is 11.3 Å². The molecule has 1 aliphatic rings. The Bertz CT molecular complexity index is 638. The van der Waals surface area contributed by atoms with Crippen molar-refractivity contribution in [2.45, 2.75) is 19.1 Å². The number of aliphatic hydroxyl groups excluding tert-OH is 1. The number of aliphatic hydroxyl groups is 1. The van der Waals surface area contributed by atoms with Crippen LogP contribution in [0.5, 0.6) is 0 Å². The zero-order valence-corrected chi connectivity index (χ0v) is 10.8. The average Bonchev–Trinajstić information content (AvgIpc) is 2.63. The lowest BCUT2D eigenvalue weighted by molar-refractivity contribution is -0.167. The summed E-state index contributed by atoms with van der Waals surface area (Å²) in [6.45, 7) is 1.52. The smallest absolute Gasteiger partial charge is 0.471 e. The minimum atomic E-state index is -5.05. The molecule has 0 spiro atoms. The van der Waals surface area contributed by atoms with Crippen molar-refractivity contribution in [2.24, 2.45) is 0 Å². The fraction of sp³-hybridized carbons (Fsp3) is 0.231. The number of carbonyl (C=O) groups is 2. The first-order chi connectivity index (χ1) is 9.71. The zero-order chi connectivity index (χ0) is 15.8. The first-order valence-electron chi connectivity index (χ1n) is 5.93. The Morgan fingerprint density at radius 2 is 1.95 bits per heavy atom. The van der Waals surface area contributed by atoms with Gasteiger partial charge in [0.05, 0.1) is 11.6 Å². The second-order valence-corrected chi connectivity index (χ2v) is 4.45. The Kier molecular flexibility index (Phi) is 3.63. The van der Waals surface area contributed by atoms with E-state index in [1.54, 1.807) is 5.32 Å². The average molecular weight is 300 g/mol. The van der Waals surface area contributed by atoms with Crippen molar-refractivity contribution in [2.75, 3.05) is 5.32 Å². The van der Waals surface area contributed by atoms with Crippen molar-refractivity contribution >= 4 is 23.1 Å². The standard InChI is InChI=1S/C13H11F3N2O3/c1-6-10(19)9(11(20)17-6)7-4-2-3-5-8(7)18-12(21)13(14,15)16/h2-6,19H,1H3,(H,17,20)(H,18,21)/t6-/m1/s1. The summed E-state index contributed by atoms with van der Waals surface area (Å²) in [5, 5.41) is 14.0. The van der Waals surface area contributed by atoms with Crippen molar-refractivity contribution in [3.05, 3.63) is 35.6 Å². The van der Waals surface area contributed by atoms with Crippen LogP contribution < -0.4 is 10.6 Å². The van der Waals surface area contributed by atoms with Gasteiger partial charge in [0.1, 0.15) is 5.76 Å². The molecule has 0 aliphatic carbocycles. The number of halogens is 3. The Labute approximate surface area is 117 Å². The van der Waals surface area contributed by atoms with Crippen molar-refractivity contribution in [3.8, 4) is 0 Å². The van der Waals surface area contributed by atoms with Gasteiger partial charge in [-0.2, -0.15) is 13.2 Å². The molecule has 3 N–H and O–H groups in total. The third-order valence-corrected chi connectivity index (χ3v) is 2.94. The molecule has 1 aromatic rings. The molecule has 0 radical (unpaired) electrons. The van der Waals surface area contributed by atoms with Crippen molar-refractivity contribution in [3.63, 3.8) is 0 Å². The highest BCUT2D eigenvalue weighted by Gasteiger charge is 2.39. The molecule has 0 saturated heterocycles. The van der Waals surface area contributed by atoms with Gasteiger partial charge < -0.3 is 15.7 Å². The highest BCUT2D eigenvalue weighted by atomic mass is 19.4. The van der Waals surface area contributed by atoms with Crippen molar-refractivity contribution < 1.29 is 27.9 Å². The number of alkyl halides is 3. The van der Waals surface area contributed by atoms with Gasteiger partial charge in [0.15, 0.2) is 0 Å². The quantitative estimate of drug-likeness (QED) is 0.781. The summed E-state index contributed by atoms with van der Waals surface area (Å²) < 4.78 is 36.9. The van der Waals surface area contributed by atoms with Crippen LogP contribution in [-0.4, -0.2) is 29.1 Å². The third-order valence-electron chi connectivity index (χ3n) is 2.94. The molecule has 21 heavy (non-hydrogen) atoms. The fourth-order valence-electron chi connectivity index (χ4n) is 1.93. The van der Waals surface area contributed by atoms with Crippen LogP contribution in [0.1, 0.15) is 12.5 Å². The van der Waals surface area contributed by atoms with Gasteiger partial charge in [-0.1, -0.05) is 18.2 Å². The summed E-state index contributed by atoms with van der Waals surface area (Å²) in [5.41, 5.74) is -0.333. The molecular formula is C13H11F3N2O3. The lowest BCUT2D eigenvalue weighted by Gasteiger charge is -2.12. The summed E-state index contributed by atoms with van der Waals surface area (Å²) in [6.07, 6.45) is -5.05. The second-order valence-electron chi connectivity index (χ2n) is 4.45. The summed E-state index contributed by atoms with van der Waals surface area (Å²) in [7, 11) is 0. The number of benzene rings is 1. The van der Waals surface area contributed by atoms with E-state index in [1.807, 2.05) is 0 Å². The van der Waals surface area contributed by atoms with Gasteiger partial charge in [-0.05, 0) is 13.0 Å². The monoisotopic (exact) mass is 300 g/mol. The Hall–Kier alpha value is -2.51. The minimum absolute atomic E-state index is 0.0226. The van der Waals surface area contributed by atoms with E-state index in [0.717, 1.165) is 0 Å². The maximum Gasteiger partial charge on any atom is 0.471 e. The molecule has 2 amide bonds. The molecule has 112 valence electrons. The number of amides is 2. The van der Waals surface area contributed by atoms with Crippen LogP contribution in [0.25, 0.3) is 5.57 Å². The molecule has 0 unspecified atom stereocenters. The van der Waals surface area contributed by atoms with E-state index >= 15 is 0 Å². The van der Waals surface area contributed by atoms with Crippen LogP contribution >= 0.6 is 0 Å². The first kappa shape index (κ1) is 14.9. The summed E-state index contributed by atoms with van der Waals surface area (Å²) in [5.74, 6) is -3.05. The molecule has 1 atom stereocenters. The number of carbonyl (C=O) groups excluding carboxylic acids is 2. The topological polar surface area (TPSA) is 78.4 Å². The highest BCUT2D eigenvalue weighted by molar-refractivity contribution is 6.24. The van der Waals surface area contributed by atoms with Crippen LogP contribution in [0.4, 0.5) is 18.9 Å². The number of anilines is 1. The van der Waals surface area contributed by atoms with Crippen molar-refractivity contribution in [1.82, 2.24) is 5.32 Å². The Balaban J connectivity index is 2.44. The molecule has 1 aliphatic heterocycles. The fourth-order valence-corrected chi connectivity index (χ4v) is 1.93. The minimum Gasteiger partial charge on any atom is -0.509 e. The van der Waals surface area contributed by atoms with E-state index in [-0.39, 0.29) is 22.6 Å². The SMILES string of the molecule is C[C@H]1NC(=O)C(c2ccccc2NC(=O)C(F)(F)F)=C1O. The molecular weight excluding hydrogens is 289 g/mol. The van der Waals surface area contributed by atoms with Crippen LogP contribution in [0.15, 0.2) is 30.0 Å². The van der Waals surface area contributed by atoms with E-state index in [9.17, 15) is 27.9 Å². The Morgan fingerprint density at radius 3 is 2.48 bits per heavy atom. The van der Waals surface area contributed by atoms with Gasteiger partial charge in [-0.25, -0.2) is 0 Å². The molecule has 1 heterocycles. The van der Waals surface area contributed by atoms with Gasteiger partial charge in [-0.3, -0.25) is 9.59 Å². The van der Waals surface area contributed by atoms with Gasteiger partial charge in [0.2, 0.25) is 0 Å². The van der Waals surface area contributed by atoms with Crippen LogP contribution in [0, 0.1) is 0 Å². The normalized spacial score (nSPS) is 18.7.